The van der Waals surface area contributed by atoms with Crippen LogP contribution in [-0.4, -0.2) is 28.8 Å². The molecule has 1 aliphatic carbocycles. The molecule has 1 aromatic heterocycles. The van der Waals surface area contributed by atoms with Gasteiger partial charge in [0.05, 0.1) is 12.6 Å². The molecule has 0 amide bonds. The SMILES string of the molecule is COC1CCCC1NCc1nccn1C(F)F. The highest BCUT2D eigenvalue weighted by atomic mass is 19.3. The molecule has 1 heterocycles. The van der Waals surface area contributed by atoms with Gasteiger partial charge in [-0.25, -0.2) is 4.98 Å². The first-order valence-electron chi connectivity index (χ1n) is 5.78. The van der Waals surface area contributed by atoms with Crippen LogP contribution in [0.2, 0.25) is 0 Å². The standard InChI is InChI=1S/C11H17F2N3O/c1-17-9-4-2-3-8(9)15-7-10-14-5-6-16(10)11(12)13/h5-6,8-9,11,15H,2-4,7H2,1H3. The van der Waals surface area contributed by atoms with E-state index in [4.69, 9.17) is 4.74 Å². The molecule has 1 aromatic rings. The van der Waals surface area contributed by atoms with Crippen molar-refractivity contribution in [3.8, 4) is 0 Å². The minimum atomic E-state index is -2.53. The van der Waals surface area contributed by atoms with E-state index in [-0.39, 0.29) is 12.1 Å². The number of methoxy groups -OCH3 is 1. The molecule has 4 nitrogen and oxygen atoms in total. The van der Waals surface area contributed by atoms with Gasteiger partial charge in [-0.05, 0) is 19.3 Å². The second-order valence-corrected chi connectivity index (χ2v) is 4.22. The number of hydrogen-bond donors (Lipinski definition) is 1. The molecular formula is C11H17F2N3O. The van der Waals surface area contributed by atoms with E-state index in [9.17, 15) is 8.78 Å². The van der Waals surface area contributed by atoms with Crippen molar-refractivity contribution >= 4 is 0 Å². The van der Waals surface area contributed by atoms with Crippen LogP contribution in [0.1, 0.15) is 31.6 Å². The number of halogens is 2. The molecule has 0 bridgehead atoms. The summed E-state index contributed by atoms with van der Waals surface area (Å²) in [5.41, 5.74) is 0. The van der Waals surface area contributed by atoms with Crippen molar-refractivity contribution < 1.29 is 13.5 Å². The molecule has 0 saturated heterocycles. The van der Waals surface area contributed by atoms with E-state index in [0.717, 1.165) is 23.8 Å². The maximum Gasteiger partial charge on any atom is 0.319 e. The van der Waals surface area contributed by atoms with Gasteiger partial charge in [-0.3, -0.25) is 4.57 Å². The van der Waals surface area contributed by atoms with Gasteiger partial charge in [-0.15, -0.1) is 0 Å². The van der Waals surface area contributed by atoms with Crippen LogP contribution in [0.3, 0.4) is 0 Å². The average molecular weight is 245 g/mol. The Kier molecular flexibility index (Phi) is 4.06. The molecule has 6 heteroatoms. The van der Waals surface area contributed by atoms with E-state index in [1.54, 1.807) is 7.11 Å². The zero-order chi connectivity index (χ0) is 12.3. The fourth-order valence-electron chi connectivity index (χ4n) is 2.32. The molecule has 0 aliphatic heterocycles. The van der Waals surface area contributed by atoms with Crippen LogP contribution >= 0.6 is 0 Å². The fourth-order valence-corrected chi connectivity index (χ4v) is 2.32. The van der Waals surface area contributed by atoms with Crippen LogP contribution in [0.4, 0.5) is 8.78 Å². The Morgan fingerprint density at radius 3 is 3.12 bits per heavy atom. The minimum absolute atomic E-state index is 0.185. The van der Waals surface area contributed by atoms with E-state index in [1.165, 1.54) is 12.4 Å². The lowest BCUT2D eigenvalue weighted by Gasteiger charge is -2.19. The number of hydrogen-bond acceptors (Lipinski definition) is 3. The first-order chi connectivity index (χ1) is 8.22. The molecule has 1 N–H and O–H groups in total. The van der Waals surface area contributed by atoms with Crippen LogP contribution in [-0.2, 0) is 11.3 Å². The summed E-state index contributed by atoms with van der Waals surface area (Å²) in [6.45, 7) is -2.18. The number of nitrogens with zero attached hydrogens (tertiary/aromatic N) is 2. The van der Waals surface area contributed by atoms with Crippen LogP contribution in [0.15, 0.2) is 12.4 Å². The van der Waals surface area contributed by atoms with Crippen molar-refractivity contribution in [1.82, 2.24) is 14.9 Å². The second-order valence-electron chi connectivity index (χ2n) is 4.22. The molecule has 2 rings (SSSR count). The van der Waals surface area contributed by atoms with Gasteiger partial charge < -0.3 is 10.1 Å². The lowest BCUT2D eigenvalue weighted by molar-refractivity contribution is 0.0645. The summed E-state index contributed by atoms with van der Waals surface area (Å²) >= 11 is 0. The average Bonchev–Trinajstić information content (AvgIpc) is 2.94. The number of nitrogens with one attached hydrogen (secondary N) is 1. The molecule has 0 spiro atoms. The summed E-state index contributed by atoms with van der Waals surface area (Å²) in [6.07, 6.45) is 6.03. The monoisotopic (exact) mass is 245 g/mol. The molecule has 2 unspecified atom stereocenters. The van der Waals surface area contributed by atoms with Gasteiger partial charge in [-0.1, -0.05) is 0 Å². The lowest BCUT2D eigenvalue weighted by atomic mass is 10.2. The van der Waals surface area contributed by atoms with Crippen molar-refractivity contribution in [3.63, 3.8) is 0 Å². The van der Waals surface area contributed by atoms with Gasteiger partial charge in [0.2, 0.25) is 0 Å². The van der Waals surface area contributed by atoms with Crippen LogP contribution in [0.25, 0.3) is 0 Å². The third-order valence-electron chi connectivity index (χ3n) is 3.24. The number of alkyl halides is 2. The normalized spacial score (nSPS) is 24.7. The maximum absolute atomic E-state index is 12.6. The highest BCUT2D eigenvalue weighted by Crippen LogP contribution is 2.22. The minimum Gasteiger partial charge on any atom is -0.380 e. The highest BCUT2D eigenvalue weighted by molar-refractivity contribution is 4.94. The smallest absolute Gasteiger partial charge is 0.319 e. The number of aromatic nitrogens is 2. The zero-order valence-electron chi connectivity index (χ0n) is 9.77. The van der Waals surface area contributed by atoms with E-state index in [1.807, 2.05) is 0 Å². The summed E-state index contributed by atoms with van der Waals surface area (Å²) in [5, 5.41) is 3.24. The van der Waals surface area contributed by atoms with Crippen LogP contribution < -0.4 is 5.32 Å². The Labute approximate surface area is 99.0 Å². The Hall–Kier alpha value is -1.01. The molecule has 1 aliphatic rings. The molecular weight excluding hydrogens is 228 g/mol. The summed E-state index contributed by atoms with van der Waals surface area (Å²) in [4.78, 5) is 3.93. The van der Waals surface area contributed by atoms with Gasteiger partial charge in [0.25, 0.3) is 0 Å². The Balaban J connectivity index is 1.91. The van der Waals surface area contributed by atoms with Crippen molar-refractivity contribution in [1.29, 1.82) is 0 Å². The summed E-state index contributed by atoms with van der Waals surface area (Å²) in [7, 11) is 1.69. The Morgan fingerprint density at radius 1 is 1.59 bits per heavy atom. The molecule has 17 heavy (non-hydrogen) atoms. The number of imidazole rings is 1. The largest absolute Gasteiger partial charge is 0.380 e. The lowest BCUT2D eigenvalue weighted by Crippen LogP contribution is -2.36. The topological polar surface area (TPSA) is 39.1 Å². The van der Waals surface area contributed by atoms with Gasteiger partial charge in [-0.2, -0.15) is 8.78 Å². The number of rotatable bonds is 5. The maximum atomic E-state index is 12.6. The third-order valence-corrected chi connectivity index (χ3v) is 3.24. The van der Waals surface area contributed by atoms with E-state index >= 15 is 0 Å². The first-order valence-corrected chi connectivity index (χ1v) is 5.78. The molecule has 0 radical (unpaired) electrons. The molecule has 0 aromatic carbocycles. The molecule has 96 valence electrons. The van der Waals surface area contributed by atoms with Crippen LogP contribution in [0.5, 0.6) is 0 Å². The zero-order valence-corrected chi connectivity index (χ0v) is 9.77. The Morgan fingerprint density at radius 2 is 2.41 bits per heavy atom. The van der Waals surface area contributed by atoms with Crippen molar-refractivity contribution in [2.75, 3.05) is 7.11 Å². The second kappa shape index (κ2) is 5.55. The number of ether oxygens (including phenoxy) is 1. The molecule has 2 atom stereocenters. The van der Waals surface area contributed by atoms with Gasteiger partial charge >= 0.3 is 6.55 Å². The van der Waals surface area contributed by atoms with Gasteiger partial charge in [0.15, 0.2) is 0 Å². The predicted molar refractivity (Wildman–Crippen MR) is 58.8 cm³/mol. The summed E-state index contributed by atoms with van der Waals surface area (Å²) < 4.78 is 31.4. The van der Waals surface area contributed by atoms with Gasteiger partial charge in [0, 0.05) is 25.5 Å². The predicted octanol–water partition coefficient (Wildman–Crippen LogP) is 1.94. The van der Waals surface area contributed by atoms with E-state index < -0.39 is 6.55 Å². The van der Waals surface area contributed by atoms with Crippen molar-refractivity contribution in [2.24, 2.45) is 0 Å². The van der Waals surface area contributed by atoms with E-state index in [0.29, 0.717) is 12.4 Å². The quantitative estimate of drug-likeness (QED) is 0.861. The van der Waals surface area contributed by atoms with Crippen molar-refractivity contribution in [3.05, 3.63) is 18.2 Å². The summed E-state index contributed by atoms with van der Waals surface area (Å²) in [5.74, 6) is 0.363. The molecule has 1 saturated carbocycles. The summed E-state index contributed by atoms with van der Waals surface area (Å²) in [6, 6.07) is 0.239. The molecule has 1 fully saturated rings. The third kappa shape index (κ3) is 2.81. The van der Waals surface area contributed by atoms with Crippen LogP contribution in [0, 0.1) is 0 Å². The van der Waals surface area contributed by atoms with Gasteiger partial charge in [0.1, 0.15) is 5.82 Å². The fraction of sp³-hybridized carbons (Fsp3) is 0.727. The first kappa shape index (κ1) is 12.4. The van der Waals surface area contributed by atoms with Crippen molar-refractivity contribution in [2.45, 2.75) is 44.5 Å². The highest BCUT2D eigenvalue weighted by Gasteiger charge is 2.26. The van der Waals surface area contributed by atoms with E-state index in [2.05, 4.69) is 10.3 Å². The Bertz CT molecular complexity index is 356.